The number of hydrogen-bond acceptors (Lipinski definition) is 2. The van der Waals surface area contributed by atoms with Crippen molar-refractivity contribution in [1.82, 2.24) is 15.1 Å². The average Bonchev–Trinajstić information content (AvgIpc) is 2.97. The predicted octanol–water partition coefficient (Wildman–Crippen LogP) is 3.61. The number of nitrogens with zero attached hydrogens (tertiary/aromatic N) is 2. The molecule has 3 rings (SSSR count). The molecular weight excluding hydrogens is 326 g/mol. The lowest BCUT2D eigenvalue weighted by Crippen LogP contribution is -2.44. The summed E-state index contributed by atoms with van der Waals surface area (Å²) in [4.78, 5) is 29.0. The SMILES string of the molecule is CCNC(=O)N1CCC[C@@H](c2cccc(C(=O)N3CCCCCC3)c2)C1. The van der Waals surface area contributed by atoms with Crippen molar-refractivity contribution >= 4 is 11.9 Å². The van der Waals surface area contributed by atoms with E-state index in [1.54, 1.807) is 0 Å². The average molecular weight is 357 g/mol. The molecule has 1 atom stereocenters. The van der Waals surface area contributed by atoms with Gasteiger partial charge < -0.3 is 15.1 Å². The highest BCUT2D eigenvalue weighted by Gasteiger charge is 2.25. The molecule has 26 heavy (non-hydrogen) atoms. The molecule has 3 amide bonds. The fourth-order valence-corrected chi connectivity index (χ4v) is 4.08. The third-order valence-corrected chi connectivity index (χ3v) is 5.53. The molecule has 1 N–H and O–H groups in total. The molecule has 5 nitrogen and oxygen atoms in total. The van der Waals surface area contributed by atoms with Gasteiger partial charge in [-0.2, -0.15) is 0 Å². The van der Waals surface area contributed by atoms with Gasteiger partial charge in [0.1, 0.15) is 0 Å². The Morgan fingerprint density at radius 1 is 1.04 bits per heavy atom. The molecule has 5 heteroatoms. The maximum Gasteiger partial charge on any atom is 0.317 e. The molecule has 2 saturated heterocycles. The van der Waals surface area contributed by atoms with Gasteiger partial charge >= 0.3 is 6.03 Å². The first-order chi connectivity index (χ1) is 12.7. The molecule has 0 saturated carbocycles. The Bertz CT molecular complexity index is 623. The van der Waals surface area contributed by atoms with E-state index in [2.05, 4.69) is 17.4 Å². The Morgan fingerprint density at radius 2 is 1.77 bits per heavy atom. The Kier molecular flexibility index (Phi) is 6.53. The van der Waals surface area contributed by atoms with E-state index in [1.807, 2.05) is 28.9 Å². The van der Waals surface area contributed by atoms with Crippen molar-refractivity contribution in [3.8, 4) is 0 Å². The highest BCUT2D eigenvalue weighted by Crippen LogP contribution is 2.28. The molecule has 142 valence electrons. The molecule has 0 aromatic heterocycles. The highest BCUT2D eigenvalue weighted by atomic mass is 16.2. The number of rotatable bonds is 3. The van der Waals surface area contributed by atoms with E-state index in [4.69, 9.17) is 0 Å². The van der Waals surface area contributed by atoms with Crippen molar-refractivity contribution in [2.75, 3.05) is 32.7 Å². The van der Waals surface area contributed by atoms with Crippen molar-refractivity contribution in [2.24, 2.45) is 0 Å². The Hall–Kier alpha value is -2.04. The third kappa shape index (κ3) is 4.57. The van der Waals surface area contributed by atoms with Crippen molar-refractivity contribution in [2.45, 2.75) is 51.4 Å². The molecular formula is C21H31N3O2. The first-order valence-electron chi connectivity index (χ1n) is 10.1. The van der Waals surface area contributed by atoms with Crippen LogP contribution < -0.4 is 5.32 Å². The van der Waals surface area contributed by atoms with Gasteiger partial charge in [0, 0.05) is 44.2 Å². The van der Waals surface area contributed by atoms with Gasteiger partial charge in [0.25, 0.3) is 5.91 Å². The molecule has 0 radical (unpaired) electrons. The zero-order chi connectivity index (χ0) is 18.4. The molecule has 2 aliphatic rings. The first kappa shape index (κ1) is 18.7. The number of amides is 3. The number of urea groups is 1. The number of carbonyl (C=O) groups is 2. The van der Waals surface area contributed by atoms with Gasteiger partial charge in [-0.3, -0.25) is 4.79 Å². The standard InChI is InChI=1S/C21H31N3O2/c1-2-22-21(26)24-14-8-11-19(16-24)17-9-7-10-18(15-17)20(25)23-12-5-3-4-6-13-23/h7,9-10,15,19H,2-6,8,11-14,16H2,1H3,(H,22,26)/t19-/m1/s1. The number of nitrogens with one attached hydrogen (secondary N) is 1. The topological polar surface area (TPSA) is 52.7 Å². The second-order valence-electron chi connectivity index (χ2n) is 7.45. The second-order valence-corrected chi connectivity index (χ2v) is 7.45. The summed E-state index contributed by atoms with van der Waals surface area (Å²) >= 11 is 0. The van der Waals surface area contributed by atoms with Crippen LogP contribution in [0.25, 0.3) is 0 Å². The molecule has 1 aromatic rings. The maximum absolute atomic E-state index is 12.9. The first-order valence-corrected chi connectivity index (χ1v) is 10.1. The smallest absolute Gasteiger partial charge is 0.317 e. The molecule has 0 spiro atoms. The zero-order valence-corrected chi connectivity index (χ0v) is 15.9. The minimum atomic E-state index is 0.0222. The molecule has 2 fully saturated rings. The Labute approximate surface area is 156 Å². The van der Waals surface area contributed by atoms with Crippen molar-refractivity contribution in [1.29, 1.82) is 0 Å². The molecule has 1 aromatic carbocycles. The van der Waals surface area contributed by atoms with Crippen molar-refractivity contribution < 1.29 is 9.59 Å². The molecule has 2 heterocycles. The van der Waals surface area contributed by atoms with Crippen LogP contribution in [0.3, 0.4) is 0 Å². The molecule has 2 aliphatic heterocycles. The fraction of sp³-hybridized carbons (Fsp3) is 0.619. The van der Waals surface area contributed by atoms with Crippen LogP contribution in [0.5, 0.6) is 0 Å². The number of carbonyl (C=O) groups excluding carboxylic acids is 2. The van der Waals surface area contributed by atoms with Crippen LogP contribution in [0.15, 0.2) is 24.3 Å². The largest absolute Gasteiger partial charge is 0.339 e. The monoisotopic (exact) mass is 357 g/mol. The van der Waals surface area contributed by atoms with E-state index in [0.717, 1.165) is 57.4 Å². The third-order valence-electron chi connectivity index (χ3n) is 5.53. The van der Waals surface area contributed by atoms with Crippen molar-refractivity contribution in [3.63, 3.8) is 0 Å². The second kappa shape index (κ2) is 9.06. The predicted molar refractivity (Wildman–Crippen MR) is 103 cm³/mol. The number of piperidine rings is 1. The summed E-state index contributed by atoms with van der Waals surface area (Å²) in [6.45, 7) is 5.88. The van der Waals surface area contributed by atoms with E-state index in [9.17, 15) is 9.59 Å². The van der Waals surface area contributed by atoms with Gasteiger partial charge in [-0.1, -0.05) is 25.0 Å². The zero-order valence-electron chi connectivity index (χ0n) is 15.9. The summed E-state index contributed by atoms with van der Waals surface area (Å²) in [6, 6.07) is 8.10. The summed E-state index contributed by atoms with van der Waals surface area (Å²) in [7, 11) is 0. The van der Waals surface area contributed by atoms with Crippen LogP contribution >= 0.6 is 0 Å². The lowest BCUT2D eigenvalue weighted by atomic mass is 9.89. The molecule has 0 unspecified atom stereocenters. The van der Waals surface area contributed by atoms with Crippen molar-refractivity contribution in [3.05, 3.63) is 35.4 Å². The van der Waals surface area contributed by atoms with E-state index < -0.39 is 0 Å². The summed E-state index contributed by atoms with van der Waals surface area (Å²) in [5.41, 5.74) is 1.97. The number of benzene rings is 1. The fourth-order valence-electron chi connectivity index (χ4n) is 4.08. The minimum Gasteiger partial charge on any atom is -0.339 e. The lowest BCUT2D eigenvalue weighted by Gasteiger charge is -2.33. The normalized spacial score (nSPS) is 21.2. The molecule has 0 bridgehead atoms. The van der Waals surface area contributed by atoms with E-state index >= 15 is 0 Å². The van der Waals surface area contributed by atoms with Crippen LogP contribution in [-0.4, -0.2) is 54.5 Å². The van der Waals surface area contributed by atoms with Crippen LogP contribution in [0.4, 0.5) is 4.79 Å². The summed E-state index contributed by atoms with van der Waals surface area (Å²) in [5.74, 6) is 0.466. The summed E-state index contributed by atoms with van der Waals surface area (Å²) < 4.78 is 0. The van der Waals surface area contributed by atoms with E-state index in [0.29, 0.717) is 12.5 Å². The van der Waals surface area contributed by atoms with Gasteiger partial charge in [0.2, 0.25) is 0 Å². The Morgan fingerprint density at radius 3 is 2.50 bits per heavy atom. The summed E-state index contributed by atoms with van der Waals surface area (Å²) in [5, 5.41) is 2.89. The van der Waals surface area contributed by atoms with Crippen LogP contribution in [0, 0.1) is 0 Å². The van der Waals surface area contributed by atoms with E-state index in [1.165, 1.54) is 18.4 Å². The Balaban J connectivity index is 1.70. The highest BCUT2D eigenvalue weighted by molar-refractivity contribution is 5.94. The number of likely N-dealkylation sites (tertiary alicyclic amines) is 2. The molecule has 0 aliphatic carbocycles. The van der Waals surface area contributed by atoms with Gasteiger partial charge in [0.15, 0.2) is 0 Å². The minimum absolute atomic E-state index is 0.0222. The van der Waals surface area contributed by atoms with Crippen LogP contribution in [0.2, 0.25) is 0 Å². The van der Waals surface area contributed by atoms with E-state index in [-0.39, 0.29) is 11.9 Å². The lowest BCUT2D eigenvalue weighted by molar-refractivity contribution is 0.0761. The maximum atomic E-state index is 12.9. The van der Waals surface area contributed by atoms with Crippen LogP contribution in [-0.2, 0) is 0 Å². The van der Waals surface area contributed by atoms with Gasteiger partial charge in [-0.25, -0.2) is 4.79 Å². The van der Waals surface area contributed by atoms with Crippen LogP contribution in [0.1, 0.15) is 67.3 Å². The van der Waals surface area contributed by atoms with Gasteiger partial charge in [-0.05, 0) is 50.3 Å². The summed E-state index contributed by atoms with van der Waals surface area (Å²) in [6.07, 6.45) is 6.73. The number of hydrogen-bond donors (Lipinski definition) is 1. The quantitative estimate of drug-likeness (QED) is 0.898. The van der Waals surface area contributed by atoms with Gasteiger partial charge in [0.05, 0.1) is 0 Å². The van der Waals surface area contributed by atoms with Gasteiger partial charge in [-0.15, -0.1) is 0 Å².